The van der Waals surface area contributed by atoms with Gasteiger partial charge in [-0.2, -0.15) is 0 Å². The van der Waals surface area contributed by atoms with Crippen LogP contribution in [-0.4, -0.2) is 34.8 Å². The fourth-order valence-electron chi connectivity index (χ4n) is 0.959. The summed E-state index contributed by atoms with van der Waals surface area (Å²) in [4.78, 5) is 5.60. The standard InChI is InChI=1S/C8H14FN3/c1-8-5-10-7-12(8)4-3-11(2)6-9/h5,7H,3-4,6H2,1-2H3. The van der Waals surface area contributed by atoms with Crippen molar-refractivity contribution >= 4 is 0 Å². The molecular weight excluding hydrogens is 157 g/mol. The maximum atomic E-state index is 12.0. The average Bonchev–Trinajstić information content (AvgIpc) is 2.47. The molecule has 0 radical (unpaired) electrons. The smallest absolute Gasteiger partial charge is 0.142 e. The van der Waals surface area contributed by atoms with Crippen LogP contribution in [0.25, 0.3) is 0 Å². The van der Waals surface area contributed by atoms with Gasteiger partial charge in [0.05, 0.1) is 6.33 Å². The van der Waals surface area contributed by atoms with Crippen LogP contribution >= 0.6 is 0 Å². The first kappa shape index (κ1) is 9.19. The fraction of sp³-hybridized carbons (Fsp3) is 0.625. The second kappa shape index (κ2) is 4.21. The van der Waals surface area contributed by atoms with E-state index in [4.69, 9.17) is 0 Å². The predicted octanol–water partition coefficient (Wildman–Crippen LogP) is 1.05. The average molecular weight is 171 g/mol. The van der Waals surface area contributed by atoms with Crippen LogP contribution in [0.1, 0.15) is 5.69 Å². The molecule has 0 aliphatic heterocycles. The SMILES string of the molecule is Cc1cncn1CCN(C)CF. The highest BCUT2D eigenvalue weighted by Gasteiger charge is 1.98. The van der Waals surface area contributed by atoms with E-state index in [1.54, 1.807) is 24.5 Å². The van der Waals surface area contributed by atoms with Crippen LogP contribution in [-0.2, 0) is 6.54 Å². The molecule has 3 nitrogen and oxygen atoms in total. The van der Waals surface area contributed by atoms with Gasteiger partial charge in [0, 0.05) is 25.0 Å². The van der Waals surface area contributed by atoms with E-state index in [-0.39, 0.29) is 0 Å². The van der Waals surface area contributed by atoms with Gasteiger partial charge in [0.2, 0.25) is 0 Å². The number of likely N-dealkylation sites (N-methyl/N-ethyl adjacent to an activating group) is 1. The van der Waals surface area contributed by atoms with E-state index in [2.05, 4.69) is 4.98 Å². The van der Waals surface area contributed by atoms with Crippen LogP contribution in [0.5, 0.6) is 0 Å². The van der Waals surface area contributed by atoms with Crippen molar-refractivity contribution in [1.29, 1.82) is 0 Å². The Balaban J connectivity index is 2.38. The van der Waals surface area contributed by atoms with Gasteiger partial charge in [-0.05, 0) is 14.0 Å². The summed E-state index contributed by atoms with van der Waals surface area (Å²) >= 11 is 0. The minimum absolute atomic E-state index is 0.395. The van der Waals surface area contributed by atoms with Crippen molar-refractivity contribution in [2.75, 3.05) is 20.4 Å². The first-order valence-corrected chi connectivity index (χ1v) is 3.95. The number of aromatic nitrogens is 2. The summed E-state index contributed by atoms with van der Waals surface area (Å²) in [5.74, 6) is 0. The highest BCUT2D eigenvalue weighted by atomic mass is 19.1. The number of rotatable bonds is 4. The van der Waals surface area contributed by atoms with Crippen molar-refractivity contribution in [2.24, 2.45) is 0 Å². The van der Waals surface area contributed by atoms with Gasteiger partial charge in [0.1, 0.15) is 6.80 Å². The minimum Gasteiger partial charge on any atom is -0.334 e. The van der Waals surface area contributed by atoms with E-state index < -0.39 is 6.80 Å². The van der Waals surface area contributed by atoms with Crippen LogP contribution < -0.4 is 0 Å². The number of nitrogens with zero attached hydrogens (tertiary/aromatic N) is 3. The highest BCUT2D eigenvalue weighted by Crippen LogP contribution is 1.96. The van der Waals surface area contributed by atoms with Gasteiger partial charge in [-0.1, -0.05) is 0 Å². The Morgan fingerprint density at radius 1 is 1.67 bits per heavy atom. The lowest BCUT2D eigenvalue weighted by Gasteiger charge is -2.12. The first-order valence-electron chi connectivity index (χ1n) is 3.95. The Labute approximate surface area is 71.8 Å². The van der Waals surface area contributed by atoms with Crippen molar-refractivity contribution < 1.29 is 4.39 Å². The van der Waals surface area contributed by atoms with E-state index >= 15 is 0 Å². The van der Waals surface area contributed by atoms with Crippen LogP contribution in [0.3, 0.4) is 0 Å². The van der Waals surface area contributed by atoms with E-state index in [1.807, 2.05) is 11.5 Å². The van der Waals surface area contributed by atoms with Gasteiger partial charge in [-0.3, -0.25) is 4.90 Å². The fourth-order valence-corrected chi connectivity index (χ4v) is 0.959. The highest BCUT2D eigenvalue weighted by molar-refractivity contribution is 4.93. The molecule has 0 spiro atoms. The molecule has 0 N–H and O–H groups in total. The number of aryl methyl sites for hydroxylation is 1. The second-order valence-electron chi connectivity index (χ2n) is 2.93. The number of hydrogen-bond donors (Lipinski definition) is 0. The molecule has 12 heavy (non-hydrogen) atoms. The summed E-state index contributed by atoms with van der Waals surface area (Å²) in [6, 6.07) is 0. The summed E-state index contributed by atoms with van der Waals surface area (Å²) in [6.45, 7) is 3.11. The Morgan fingerprint density at radius 3 is 2.92 bits per heavy atom. The summed E-state index contributed by atoms with van der Waals surface area (Å²) in [7, 11) is 1.76. The predicted molar refractivity (Wildman–Crippen MR) is 45.6 cm³/mol. The van der Waals surface area contributed by atoms with Crippen LogP contribution in [0.4, 0.5) is 4.39 Å². The Hall–Kier alpha value is -0.900. The number of imidazole rings is 1. The Bertz CT molecular complexity index is 234. The van der Waals surface area contributed by atoms with Crippen molar-refractivity contribution in [3.63, 3.8) is 0 Å². The Kier molecular flexibility index (Phi) is 3.22. The largest absolute Gasteiger partial charge is 0.334 e. The summed E-state index contributed by atoms with van der Waals surface area (Å²) in [6.07, 6.45) is 3.57. The normalized spacial score (nSPS) is 11.0. The van der Waals surface area contributed by atoms with E-state index in [9.17, 15) is 4.39 Å². The first-order chi connectivity index (χ1) is 5.74. The number of hydrogen-bond acceptors (Lipinski definition) is 2. The molecule has 0 amide bonds. The molecule has 1 aromatic rings. The third-order valence-electron chi connectivity index (χ3n) is 1.85. The molecule has 0 fully saturated rings. The molecule has 1 rings (SSSR count). The second-order valence-corrected chi connectivity index (χ2v) is 2.93. The van der Waals surface area contributed by atoms with Gasteiger partial charge in [-0.25, -0.2) is 9.37 Å². The molecule has 0 bridgehead atoms. The van der Waals surface area contributed by atoms with E-state index in [0.717, 1.165) is 12.2 Å². The molecule has 4 heteroatoms. The summed E-state index contributed by atoms with van der Waals surface area (Å²) in [5.41, 5.74) is 1.11. The Morgan fingerprint density at radius 2 is 2.42 bits per heavy atom. The minimum atomic E-state index is -0.395. The monoisotopic (exact) mass is 171 g/mol. The van der Waals surface area contributed by atoms with Crippen molar-refractivity contribution in [3.05, 3.63) is 18.2 Å². The van der Waals surface area contributed by atoms with E-state index in [1.165, 1.54) is 0 Å². The van der Waals surface area contributed by atoms with Gasteiger partial charge >= 0.3 is 0 Å². The maximum Gasteiger partial charge on any atom is 0.142 e. The van der Waals surface area contributed by atoms with Gasteiger partial charge in [-0.15, -0.1) is 0 Å². The van der Waals surface area contributed by atoms with E-state index in [0.29, 0.717) is 6.54 Å². The van der Waals surface area contributed by atoms with Crippen molar-refractivity contribution in [3.8, 4) is 0 Å². The molecular formula is C8H14FN3. The molecule has 0 aliphatic carbocycles. The summed E-state index contributed by atoms with van der Waals surface area (Å²) < 4.78 is 14.0. The van der Waals surface area contributed by atoms with Crippen molar-refractivity contribution in [2.45, 2.75) is 13.5 Å². The molecule has 0 atom stereocenters. The lowest BCUT2D eigenvalue weighted by molar-refractivity contribution is 0.217. The molecule has 1 aromatic heterocycles. The zero-order valence-electron chi connectivity index (χ0n) is 7.50. The number of halogens is 1. The number of alkyl halides is 1. The molecule has 0 saturated heterocycles. The molecule has 0 unspecified atom stereocenters. The van der Waals surface area contributed by atoms with Gasteiger partial charge in [0.25, 0.3) is 0 Å². The van der Waals surface area contributed by atoms with Crippen LogP contribution in [0.15, 0.2) is 12.5 Å². The molecule has 1 heterocycles. The third kappa shape index (κ3) is 2.30. The van der Waals surface area contributed by atoms with Crippen LogP contribution in [0, 0.1) is 6.92 Å². The quantitative estimate of drug-likeness (QED) is 0.631. The van der Waals surface area contributed by atoms with Gasteiger partial charge < -0.3 is 4.57 Å². The van der Waals surface area contributed by atoms with Gasteiger partial charge in [0.15, 0.2) is 0 Å². The zero-order valence-corrected chi connectivity index (χ0v) is 7.50. The van der Waals surface area contributed by atoms with Crippen LogP contribution in [0.2, 0.25) is 0 Å². The topological polar surface area (TPSA) is 21.1 Å². The molecule has 68 valence electrons. The zero-order chi connectivity index (χ0) is 8.97. The molecule has 0 aromatic carbocycles. The van der Waals surface area contributed by atoms with Crippen molar-refractivity contribution in [1.82, 2.24) is 14.5 Å². The third-order valence-corrected chi connectivity index (χ3v) is 1.85. The lowest BCUT2D eigenvalue weighted by Crippen LogP contribution is -2.22. The molecule has 0 saturated carbocycles. The lowest BCUT2D eigenvalue weighted by atomic mass is 10.5. The molecule has 0 aliphatic rings. The summed E-state index contributed by atoms with van der Waals surface area (Å²) in [5, 5.41) is 0. The maximum absolute atomic E-state index is 12.0.